The summed E-state index contributed by atoms with van der Waals surface area (Å²) in [4.78, 5) is 2.20. The van der Waals surface area contributed by atoms with Crippen LogP contribution in [0.1, 0.15) is 36.5 Å². The van der Waals surface area contributed by atoms with Gasteiger partial charge in [-0.3, -0.25) is 0 Å². The highest BCUT2D eigenvalue weighted by molar-refractivity contribution is 5.28. The van der Waals surface area contributed by atoms with Gasteiger partial charge in [-0.25, -0.2) is 0 Å². The molecule has 0 amide bonds. The summed E-state index contributed by atoms with van der Waals surface area (Å²) < 4.78 is 11.5. The van der Waals surface area contributed by atoms with Crippen molar-refractivity contribution < 1.29 is 9.47 Å². The lowest BCUT2D eigenvalue weighted by Gasteiger charge is -2.19. The second-order valence-corrected chi connectivity index (χ2v) is 6.67. The lowest BCUT2D eigenvalue weighted by Crippen LogP contribution is -2.16. The Morgan fingerprint density at radius 3 is 2.28 bits per heavy atom. The zero-order chi connectivity index (χ0) is 17.9. The van der Waals surface area contributed by atoms with Gasteiger partial charge in [0.2, 0.25) is 0 Å². The summed E-state index contributed by atoms with van der Waals surface area (Å²) in [6.45, 7) is 1.85. The Morgan fingerprint density at radius 2 is 1.64 bits per heavy atom. The Kier molecular flexibility index (Phi) is 8.50. The molecule has 2 aromatic rings. The van der Waals surface area contributed by atoms with Gasteiger partial charge in [0.15, 0.2) is 0 Å². The zero-order valence-corrected chi connectivity index (χ0v) is 15.8. The fourth-order valence-electron chi connectivity index (χ4n) is 2.91. The normalized spacial score (nSPS) is 12.3. The van der Waals surface area contributed by atoms with Crippen LogP contribution in [-0.4, -0.2) is 39.3 Å². The molecule has 136 valence electrons. The summed E-state index contributed by atoms with van der Waals surface area (Å²) >= 11 is 0. The Labute approximate surface area is 152 Å². The molecule has 0 saturated carbocycles. The third-order valence-electron chi connectivity index (χ3n) is 4.33. The number of hydrogen-bond acceptors (Lipinski definition) is 3. The molecular formula is C22H31NO2. The maximum absolute atomic E-state index is 6.22. The van der Waals surface area contributed by atoms with Gasteiger partial charge in [0.05, 0.1) is 13.2 Å². The van der Waals surface area contributed by atoms with Gasteiger partial charge in [-0.1, -0.05) is 42.5 Å². The molecule has 0 aliphatic rings. The number of benzene rings is 2. The van der Waals surface area contributed by atoms with E-state index < -0.39 is 0 Å². The quantitative estimate of drug-likeness (QED) is 0.552. The van der Waals surface area contributed by atoms with Crippen molar-refractivity contribution in [1.82, 2.24) is 4.90 Å². The van der Waals surface area contributed by atoms with Crippen molar-refractivity contribution in [3.05, 3.63) is 65.7 Å². The van der Waals surface area contributed by atoms with Crippen molar-refractivity contribution in [3.63, 3.8) is 0 Å². The highest BCUT2D eigenvalue weighted by atomic mass is 16.5. The van der Waals surface area contributed by atoms with Gasteiger partial charge in [-0.2, -0.15) is 0 Å². The van der Waals surface area contributed by atoms with Crippen LogP contribution >= 0.6 is 0 Å². The Bertz CT molecular complexity index is 581. The minimum absolute atomic E-state index is 0.150. The summed E-state index contributed by atoms with van der Waals surface area (Å²) in [7, 11) is 5.89. The zero-order valence-electron chi connectivity index (χ0n) is 15.8. The summed E-state index contributed by atoms with van der Waals surface area (Å²) in [6, 6.07) is 18.9. The monoisotopic (exact) mass is 341 g/mol. The van der Waals surface area contributed by atoms with E-state index in [0.717, 1.165) is 44.6 Å². The Morgan fingerprint density at radius 1 is 0.920 bits per heavy atom. The summed E-state index contributed by atoms with van der Waals surface area (Å²) in [5.41, 5.74) is 2.63. The first-order valence-electron chi connectivity index (χ1n) is 9.13. The molecule has 0 heterocycles. The van der Waals surface area contributed by atoms with Crippen molar-refractivity contribution >= 4 is 0 Å². The third-order valence-corrected chi connectivity index (χ3v) is 4.33. The Balaban J connectivity index is 1.90. The van der Waals surface area contributed by atoms with E-state index in [-0.39, 0.29) is 6.10 Å². The van der Waals surface area contributed by atoms with Gasteiger partial charge < -0.3 is 14.4 Å². The van der Waals surface area contributed by atoms with Crippen molar-refractivity contribution in [1.29, 1.82) is 0 Å². The number of aryl methyl sites for hydroxylation is 1. The van der Waals surface area contributed by atoms with Gasteiger partial charge in [-0.15, -0.1) is 0 Å². The van der Waals surface area contributed by atoms with E-state index in [1.807, 2.05) is 12.1 Å². The first kappa shape index (κ1) is 19.5. The van der Waals surface area contributed by atoms with E-state index in [1.165, 1.54) is 11.1 Å². The topological polar surface area (TPSA) is 21.7 Å². The summed E-state index contributed by atoms with van der Waals surface area (Å²) in [6.07, 6.45) is 4.45. The summed E-state index contributed by atoms with van der Waals surface area (Å²) in [5, 5.41) is 0. The maximum Gasteiger partial charge on any atom is 0.118 e. The average molecular weight is 341 g/mol. The lowest BCUT2D eigenvalue weighted by atomic mass is 10.0. The van der Waals surface area contributed by atoms with Crippen LogP contribution in [0.4, 0.5) is 0 Å². The van der Waals surface area contributed by atoms with Gasteiger partial charge in [-0.05, 0) is 69.6 Å². The SMILES string of the molecule is COc1ccc(C(CCCc2ccccc2)OCCCN(C)C)cc1. The maximum atomic E-state index is 6.22. The van der Waals surface area contributed by atoms with Crippen LogP contribution in [-0.2, 0) is 11.2 Å². The molecule has 0 spiro atoms. The van der Waals surface area contributed by atoms with Crippen molar-refractivity contribution in [2.75, 3.05) is 34.4 Å². The van der Waals surface area contributed by atoms with Crippen LogP contribution in [0, 0.1) is 0 Å². The average Bonchev–Trinajstić information content (AvgIpc) is 2.64. The molecule has 0 aromatic heterocycles. The van der Waals surface area contributed by atoms with E-state index in [0.29, 0.717) is 0 Å². The standard InChI is InChI=1S/C22H31NO2/c1-23(2)17-8-18-25-22(20-13-15-21(24-3)16-14-20)12-7-11-19-9-5-4-6-10-19/h4-6,9-10,13-16,22H,7-8,11-12,17-18H2,1-3H3. The van der Waals surface area contributed by atoms with Crippen molar-refractivity contribution in [3.8, 4) is 5.75 Å². The molecule has 0 aliphatic heterocycles. The molecule has 0 saturated heterocycles. The fraction of sp³-hybridized carbons (Fsp3) is 0.455. The van der Waals surface area contributed by atoms with Gasteiger partial charge in [0, 0.05) is 6.61 Å². The first-order chi connectivity index (χ1) is 12.2. The number of rotatable bonds is 11. The van der Waals surface area contributed by atoms with Crippen molar-refractivity contribution in [2.24, 2.45) is 0 Å². The van der Waals surface area contributed by atoms with E-state index >= 15 is 0 Å². The van der Waals surface area contributed by atoms with Crippen molar-refractivity contribution in [2.45, 2.75) is 31.8 Å². The molecular weight excluding hydrogens is 310 g/mol. The molecule has 3 heteroatoms. The number of hydrogen-bond donors (Lipinski definition) is 0. The molecule has 0 aliphatic carbocycles. The molecule has 3 nitrogen and oxygen atoms in total. The van der Waals surface area contributed by atoms with E-state index in [4.69, 9.17) is 9.47 Å². The van der Waals surface area contributed by atoms with Crippen LogP contribution in [0.3, 0.4) is 0 Å². The third kappa shape index (κ3) is 7.29. The first-order valence-corrected chi connectivity index (χ1v) is 9.13. The minimum atomic E-state index is 0.150. The molecule has 0 fully saturated rings. The van der Waals surface area contributed by atoms with Crippen LogP contribution in [0.25, 0.3) is 0 Å². The number of nitrogens with zero attached hydrogens (tertiary/aromatic N) is 1. The second-order valence-electron chi connectivity index (χ2n) is 6.67. The molecule has 0 bridgehead atoms. The van der Waals surface area contributed by atoms with Crippen LogP contribution < -0.4 is 4.74 Å². The predicted octanol–water partition coefficient (Wildman–Crippen LogP) is 4.73. The molecule has 0 N–H and O–H groups in total. The molecule has 25 heavy (non-hydrogen) atoms. The minimum Gasteiger partial charge on any atom is -0.497 e. The molecule has 0 radical (unpaired) electrons. The summed E-state index contributed by atoms with van der Waals surface area (Å²) in [5.74, 6) is 0.888. The van der Waals surface area contributed by atoms with E-state index in [9.17, 15) is 0 Å². The number of ether oxygens (including phenoxy) is 2. The molecule has 2 aromatic carbocycles. The Hall–Kier alpha value is -1.84. The largest absolute Gasteiger partial charge is 0.497 e. The smallest absolute Gasteiger partial charge is 0.118 e. The molecule has 2 rings (SSSR count). The molecule has 1 atom stereocenters. The second kappa shape index (κ2) is 10.9. The van der Waals surface area contributed by atoms with Gasteiger partial charge in [0.25, 0.3) is 0 Å². The van der Waals surface area contributed by atoms with Crippen LogP contribution in [0.15, 0.2) is 54.6 Å². The van der Waals surface area contributed by atoms with Crippen LogP contribution in [0.5, 0.6) is 5.75 Å². The lowest BCUT2D eigenvalue weighted by molar-refractivity contribution is 0.0410. The van der Waals surface area contributed by atoms with Crippen LogP contribution in [0.2, 0.25) is 0 Å². The molecule has 1 unspecified atom stereocenters. The van der Waals surface area contributed by atoms with Gasteiger partial charge in [0.1, 0.15) is 5.75 Å². The predicted molar refractivity (Wildman–Crippen MR) is 104 cm³/mol. The number of methoxy groups -OCH3 is 1. The van der Waals surface area contributed by atoms with E-state index in [2.05, 4.69) is 61.5 Å². The van der Waals surface area contributed by atoms with Gasteiger partial charge >= 0.3 is 0 Å². The highest BCUT2D eigenvalue weighted by Gasteiger charge is 2.12. The highest BCUT2D eigenvalue weighted by Crippen LogP contribution is 2.26. The fourth-order valence-corrected chi connectivity index (χ4v) is 2.91. The van der Waals surface area contributed by atoms with E-state index in [1.54, 1.807) is 7.11 Å².